The maximum Gasteiger partial charge on any atom is 0.251 e. The van der Waals surface area contributed by atoms with Gasteiger partial charge in [0.2, 0.25) is 5.91 Å². The molecule has 18 heavy (non-hydrogen) atoms. The van der Waals surface area contributed by atoms with Crippen molar-refractivity contribution in [2.75, 3.05) is 11.9 Å². The molecule has 1 aromatic rings. The smallest absolute Gasteiger partial charge is 0.251 e. The lowest BCUT2D eigenvalue weighted by Gasteiger charge is -2.26. The summed E-state index contributed by atoms with van der Waals surface area (Å²) in [5.74, 6) is 0.137. The number of rotatable bonds is 2. The van der Waals surface area contributed by atoms with Crippen molar-refractivity contribution < 1.29 is 9.59 Å². The van der Waals surface area contributed by atoms with E-state index in [0.29, 0.717) is 18.0 Å². The summed E-state index contributed by atoms with van der Waals surface area (Å²) < 4.78 is 0. The number of amides is 2. The molecule has 1 aliphatic carbocycles. The highest BCUT2D eigenvalue weighted by Gasteiger charge is 2.25. The Morgan fingerprint density at radius 1 is 1.33 bits per heavy atom. The first-order valence-corrected chi connectivity index (χ1v) is 6.35. The monoisotopic (exact) mass is 244 g/mol. The fourth-order valence-electron chi connectivity index (χ4n) is 2.29. The van der Waals surface area contributed by atoms with E-state index in [2.05, 4.69) is 5.32 Å². The van der Waals surface area contributed by atoms with E-state index in [1.807, 2.05) is 12.1 Å². The van der Waals surface area contributed by atoms with Crippen molar-refractivity contribution in [1.29, 1.82) is 0 Å². The van der Waals surface area contributed by atoms with Crippen LogP contribution in [0.25, 0.3) is 0 Å². The maximum absolute atomic E-state index is 11.9. The number of anilines is 1. The summed E-state index contributed by atoms with van der Waals surface area (Å²) in [6.07, 6.45) is 3.43. The maximum atomic E-state index is 11.9. The van der Waals surface area contributed by atoms with Crippen LogP contribution >= 0.6 is 0 Å². The Kier molecular flexibility index (Phi) is 2.58. The minimum Gasteiger partial charge on any atom is -0.349 e. The third kappa shape index (κ3) is 1.98. The molecule has 2 amide bonds. The molecule has 0 bridgehead atoms. The lowest BCUT2D eigenvalue weighted by atomic mass is 9.99. The highest BCUT2D eigenvalue weighted by molar-refractivity contribution is 5.99. The summed E-state index contributed by atoms with van der Waals surface area (Å²) in [5.41, 5.74) is 2.71. The second-order valence-corrected chi connectivity index (χ2v) is 5.04. The molecule has 0 radical (unpaired) electrons. The molecule has 0 unspecified atom stereocenters. The SMILES string of the molecule is CN1C(=O)CCc2cc(C(=O)NC3CC3)ccc21. The molecule has 0 aromatic heterocycles. The summed E-state index contributed by atoms with van der Waals surface area (Å²) in [6, 6.07) is 5.95. The van der Waals surface area contributed by atoms with E-state index in [4.69, 9.17) is 0 Å². The largest absolute Gasteiger partial charge is 0.349 e. The van der Waals surface area contributed by atoms with Gasteiger partial charge in [-0.3, -0.25) is 9.59 Å². The number of nitrogens with one attached hydrogen (secondary N) is 1. The molecule has 3 rings (SSSR count). The third-order valence-electron chi connectivity index (χ3n) is 3.60. The fourth-order valence-corrected chi connectivity index (χ4v) is 2.29. The van der Waals surface area contributed by atoms with Crippen LogP contribution in [0.2, 0.25) is 0 Å². The van der Waals surface area contributed by atoms with Crippen LogP contribution in [0, 0.1) is 0 Å². The van der Waals surface area contributed by atoms with Gasteiger partial charge < -0.3 is 10.2 Å². The Morgan fingerprint density at radius 3 is 2.83 bits per heavy atom. The Labute approximate surface area is 106 Å². The first-order valence-electron chi connectivity index (χ1n) is 6.35. The normalized spacial score (nSPS) is 18.5. The summed E-state index contributed by atoms with van der Waals surface area (Å²) in [5, 5.41) is 2.98. The van der Waals surface area contributed by atoms with Crippen LogP contribution < -0.4 is 10.2 Å². The summed E-state index contributed by atoms with van der Waals surface area (Å²) in [6.45, 7) is 0. The molecule has 0 atom stereocenters. The van der Waals surface area contributed by atoms with Crippen LogP contribution in [-0.4, -0.2) is 24.9 Å². The molecule has 0 saturated heterocycles. The van der Waals surface area contributed by atoms with Crippen molar-refractivity contribution in [3.63, 3.8) is 0 Å². The van der Waals surface area contributed by atoms with Gasteiger partial charge in [0.25, 0.3) is 5.91 Å². The zero-order valence-electron chi connectivity index (χ0n) is 10.4. The number of aryl methyl sites for hydroxylation is 1. The number of benzene rings is 1. The minimum atomic E-state index is -0.000136. The number of fused-ring (bicyclic) bond motifs is 1. The molecular formula is C14H16N2O2. The van der Waals surface area contributed by atoms with E-state index in [1.54, 1.807) is 18.0 Å². The van der Waals surface area contributed by atoms with Crippen LogP contribution in [0.15, 0.2) is 18.2 Å². The van der Waals surface area contributed by atoms with Gasteiger partial charge in [0.15, 0.2) is 0 Å². The van der Waals surface area contributed by atoms with Gasteiger partial charge in [0.05, 0.1) is 0 Å². The van der Waals surface area contributed by atoms with Gasteiger partial charge in [-0.2, -0.15) is 0 Å². The topological polar surface area (TPSA) is 49.4 Å². The first kappa shape index (κ1) is 11.3. The zero-order chi connectivity index (χ0) is 12.7. The first-order chi connectivity index (χ1) is 8.65. The zero-order valence-corrected chi connectivity index (χ0v) is 10.4. The van der Waals surface area contributed by atoms with E-state index in [9.17, 15) is 9.59 Å². The predicted molar refractivity (Wildman–Crippen MR) is 68.7 cm³/mol. The number of hydrogen-bond acceptors (Lipinski definition) is 2. The molecule has 1 aliphatic heterocycles. The van der Waals surface area contributed by atoms with E-state index in [1.165, 1.54) is 0 Å². The van der Waals surface area contributed by atoms with Crippen molar-refractivity contribution in [3.8, 4) is 0 Å². The molecule has 0 spiro atoms. The highest BCUT2D eigenvalue weighted by atomic mass is 16.2. The van der Waals surface area contributed by atoms with E-state index >= 15 is 0 Å². The van der Waals surface area contributed by atoms with E-state index in [0.717, 1.165) is 30.5 Å². The quantitative estimate of drug-likeness (QED) is 0.856. The van der Waals surface area contributed by atoms with Crippen molar-refractivity contribution in [1.82, 2.24) is 5.32 Å². The summed E-state index contributed by atoms with van der Waals surface area (Å²) in [7, 11) is 1.78. The number of carbonyl (C=O) groups excluding carboxylic acids is 2. The molecule has 94 valence electrons. The average molecular weight is 244 g/mol. The van der Waals surface area contributed by atoms with E-state index < -0.39 is 0 Å². The molecule has 1 heterocycles. The van der Waals surface area contributed by atoms with Crippen molar-refractivity contribution in [3.05, 3.63) is 29.3 Å². The van der Waals surface area contributed by atoms with Crippen LogP contribution in [0.1, 0.15) is 35.2 Å². The Hall–Kier alpha value is -1.84. The van der Waals surface area contributed by atoms with Gasteiger partial charge in [-0.25, -0.2) is 0 Å². The fraction of sp³-hybridized carbons (Fsp3) is 0.429. The Bertz CT molecular complexity index is 521. The Balaban J connectivity index is 1.86. The van der Waals surface area contributed by atoms with Crippen LogP contribution in [0.3, 0.4) is 0 Å². The molecule has 1 saturated carbocycles. The van der Waals surface area contributed by atoms with Crippen molar-refractivity contribution in [2.45, 2.75) is 31.7 Å². The van der Waals surface area contributed by atoms with Crippen LogP contribution in [0.5, 0.6) is 0 Å². The lowest BCUT2D eigenvalue weighted by molar-refractivity contribution is -0.118. The van der Waals surface area contributed by atoms with Gasteiger partial charge in [-0.15, -0.1) is 0 Å². The van der Waals surface area contributed by atoms with Gasteiger partial charge in [0.1, 0.15) is 0 Å². The molecule has 1 fully saturated rings. The predicted octanol–water partition coefficient (Wildman–Crippen LogP) is 1.49. The lowest BCUT2D eigenvalue weighted by Crippen LogP contribution is -2.31. The average Bonchev–Trinajstić information content (AvgIpc) is 3.17. The van der Waals surface area contributed by atoms with Crippen molar-refractivity contribution in [2.24, 2.45) is 0 Å². The third-order valence-corrected chi connectivity index (χ3v) is 3.60. The van der Waals surface area contributed by atoms with Gasteiger partial charge >= 0.3 is 0 Å². The number of hydrogen-bond donors (Lipinski definition) is 1. The molecule has 1 N–H and O–H groups in total. The second-order valence-electron chi connectivity index (χ2n) is 5.04. The molecule has 2 aliphatic rings. The van der Waals surface area contributed by atoms with Gasteiger partial charge in [0, 0.05) is 30.8 Å². The van der Waals surface area contributed by atoms with Gasteiger partial charge in [-0.05, 0) is 43.0 Å². The number of nitrogens with zero attached hydrogens (tertiary/aromatic N) is 1. The van der Waals surface area contributed by atoms with Gasteiger partial charge in [-0.1, -0.05) is 0 Å². The van der Waals surface area contributed by atoms with Crippen LogP contribution in [0.4, 0.5) is 5.69 Å². The molecular weight excluding hydrogens is 228 g/mol. The van der Waals surface area contributed by atoms with Crippen molar-refractivity contribution >= 4 is 17.5 Å². The highest BCUT2D eigenvalue weighted by Crippen LogP contribution is 2.28. The summed E-state index contributed by atoms with van der Waals surface area (Å²) >= 11 is 0. The van der Waals surface area contributed by atoms with E-state index in [-0.39, 0.29) is 11.8 Å². The minimum absolute atomic E-state index is 0.000136. The number of carbonyl (C=O) groups is 2. The standard InChI is InChI=1S/C14H16N2O2/c1-16-12-6-2-10(14(18)15-11-4-5-11)8-9(12)3-7-13(16)17/h2,6,8,11H,3-5,7H2,1H3,(H,15,18). The summed E-state index contributed by atoms with van der Waals surface area (Å²) in [4.78, 5) is 25.2. The van der Waals surface area contributed by atoms with Crippen LogP contribution in [-0.2, 0) is 11.2 Å². The second kappa shape index (κ2) is 4.12. The molecule has 4 nitrogen and oxygen atoms in total. The molecule has 4 heteroatoms. The molecule has 1 aromatic carbocycles. The Morgan fingerprint density at radius 2 is 2.11 bits per heavy atom.